The summed E-state index contributed by atoms with van der Waals surface area (Å²) < 4.78 is 5.30. The van der Waals surface area contributed by atoms with Crippen LogP contribution in [0.3, 0.4) is 0 Å². The standard InChI is InChI=1S/C14H24N2O4/c1-10(17)14(15-11(2)18)6-8-16(9-7-14)12(19)20-13(3,4)5/h6-9H2,1-5H3,(H,15,18). The van der Waals surface area contributed by atoms with E-state index in [2.05, 4.69) is 5.32 Å². The summed E-state index contributed by atoms with van der Waals surface area (Å²) in [6.45, 7) is 9.09. The fourth-order valence-corrected chi connectivity index (χ4v) is 2.30. The van der Waals surface area contributed by atoms with Crippen molar-refractivity contribution in [3.63, 3.8) is 0 Å². The summed E-state index contributed by atoms with van der Waals surface area (Å²) >= 11 is 0. The topological polar surface area (TPSA) is 75.7 Å². The van der Waals surface area contributed by atoms with Crippen LogP contribution in [0.2, 0.25) is 0 Å². The number of rotatable bonds is 2. The Labute approximate surface area is 119 Å². The molecule has 0 spiro atoms. The summed E-state index contributed by atoms with van der Waals surface area (Å²) in [5.41, 5.74) is -1.38. The van der Waals surface area contributed by atoms with Crippen LogP contribution in [0.4, 0.5) is 4.79 Å². The SMILES string of the molecule is CC(=O)NC1(C(C)=O)CCN(C(=O)OC(C)(C)C)CC1. The smallest absolute Gasteiger partial charge is 0.410 e. The molecule has 0 atom stereocenters. The Hall–Kier alpha value is -1.59. The van der Waals surface area contributed by atoms with Crippen LogP contribution in [0, 0.1) is 0 Å². The van der Waals surface area contributed by atoms with Crippen LogP contribution in [0.25, 0.3) is 0 Å². The molecule has 0 aromatic rings. The highest BCUT2D eigenvalue weighted by Crippen LogP contribution is 2.24. The van der Waals surface area contributed by atoms with Crippen LogP contribution in [0.15, 0.2) is 0 Å². The molecule has 1 rings (SSSR count). The second kappa shape index (κ2) is 5.81. The van der Waals surface area contributed by atoms with E-state index in [-0.39, 0.29) is 17.8 Å². The zero-order chi connectivity index (χ0) is 15.6. The summed E-state index contributed by atoms with van der Waals surface area (Å²) in [6.07, 6.45) is 0.458. The van der Waals surface area contributed by atoms with Crippen molar-refractivity contribution in [1.82, 2.24) is 10.2 Å². The van der Waals surface area contributed by atoms with Crippen LogP contribution in [-0.4, -0.2) is 46.9 Å². The highest BCUT2D eigenvalue weighted by atomic mass is 16.6. The number of hydrogen-bond acceptors (Lipinski definition) is 4. The van der Waals surface area contributed by atoms with E-state index in [0.29, 0.717) is 25.9 Å². The lowest BCUT2D eigenvalue weighted by Crippen LogP contribution is -2.59. The zero-order valence-corrected chi connectivity index (χ0v) is 12.9. The van der Waals surface area contributed by atoms with Gasteiger partial charge in [0.2, 0.25) is 5.91 Å². The largest absolute Gasteiger partial charge is 0.444 e. The molecule has 0 aromatic carbocycles. The van der Waals surface area contributed by atoms with Crippen LogP contribution in [0.5, 0.6) is 0 Å². The molecule has 1 aliphatic rings. The van der Waals surface area contributed by atoms with Gasteiger partial charge in [-0.05, 0) is 40.5 Å². The third-order valence-corrected chi connectivity index (χ3v) is 3.36. The second-order valence-corrected chi connectivity index (χ2v) is 6.29. The Morgan fingerprint density at radius 2 is 1.60 bits per heavy atom. The molecule has 0 aliphatic carbocycles. The van der Waals surface area contributed by atoms with Crippen LogP contribution in [-0.2, 0) is 14.3 Å². The third-order valence-electron chi connectivity index (χ3n) is 3.36. The molecule has 1 N–H and O–H groups in total. The fourth-order valence-electron chi connectivity index (χ4n) is 2.30. The van der Waals surface area contributed by atoms with Gasteiger partial charge in [-0.25, -0.2) is 4.79 Å². The molecule has 1 saturated heterocycles. The van der Waals surface area contributed by atoms with Crippen molar-refractivity contribution in [1.29, 1.82) is 0 Å². The average molecular weight is 284 g/mol. The summed E-state index contributed by atoms with van der Waals surface area (Å²) in [5.74, 6) is -0.303. The average Bonchev–Trinajstić information content (AvgIpc) is 2.26. The monoisotopic (exact) mass is 284 g/mol. The number of amides is 2. The molecule has 0 aromatic heterocycles. The van der Waals surface area contributed by atoms with Crippen molar-refractivity contribution in [2.75, 3.05) is 13.1 Å². The number of ketones is 1. The zero-order valence-electron chi connectivity index (χ0n) is 12.9. The van der Waals surface area contributed by atoms with Crippen molar-refractivity contribution in [3.8, 4) is 0 Å². The first-order valence-electron chi connectivity index (χ1n) is 6.83. The predicted molar refractivity (Wildman–Crippen MR) is 74.3 cm³/mol. The molecular weight excluding hydrogens is 260 g/mol. The number of piperidine rings is 1. The van der Waals surface area contributed by atoms with Crippen molar-refractivity contribution in [2.24, 2.45) is 0 Å². The summed E-state index contributed by atoms with van der Waals surface area (Å²) in [5, 5.41) is 2.74. The van der Waals surface area contributed by atoms with Gasteiger partial charge in [-0.15, -0.1) is 0 Å². The van der Waals surface area contributed by atoms with E-state index in [9.17, 15) is 14.4 Å². The summed E-state index contributed by atoms with van der Waals surface area (Å²) in [7, 11) is 0. The quantitative estimate of drug-likeness (QED) is 0.833. The molecule has 0 saturated carbocycles. The van der Waals surface area contributed by atoms with Crippen LogP contribution < -0.4 is 5.32 Å². The van der Waals surface area contributed by atoms with E-state index >= 15 is 0 Å². The first-order chi connectivity index (χ1) is 9.06. The number of hydrogen-bond donors (Lipinski definition) is 1. The maximum absolute atomic E-state index is 11.9. The Bertz CT molecular complexity index is 404. The number of nitrogens with one attached hydrogen (secondary N) is 1. The van der Waals surface area contributed by atoms with Crippen molar-refractivity contribution in [2.45, 2.75) is 58.6 Å². The van der Waals surface area contributed by atoms with Crippen molar-refractivity contribution in [3.05, 3.63) is 0 Å². The van der Waals surface area contributed by atoms with Crippen molar-refractivity contribution >= 4 is 17.8 Å². The normalized spacial score (nSPS) is 18.4. The van der Waals surface area contributed by atoms with E-state index < -0.39 is 11.1 Å². The van der Waals surface area contributed by atoms with E-state index in [4.69, 9.17) is 4.74 Å². The maximum atomic E-state index is 11.9. The Morgan fingerprint density at radius 3 is 1.95 bits per heavy atom. The van der Waals surface area contributed by atoms with Gasteiger partial charge < -0.3 is 15.0 Å². The van der Waals surface area contributed by atoms with E-state index in [1.165, 1.54) is 13.8 Å². The Morgan fingerprint density at radius 1 is 1.10 bits per heavy atom. The Balaban J connectivity index is 2.67. The first kappa shape index (κ1) is 16.5. The minimum Gasteiger partial charge on any atom is -0.444 e. The van der Waals surface area contributed by atoms with Gasteiger partial charge in [-0.1, -0.05) is 0 Å². The molecule has 0 radical (unpaired) electrons. The van der Waals surface area contributed by atoms with Gasteiger partial charge in [0.25, 0.3) is 0 Å². The minimum atomic E-state index is -0.843. The van der Waals surface area contributed by atoms with Gasteiger partial charge in [0, 0.05) is 20.0 Å². The molecule has 1 aliphatic heterocycles. The number of carbonyl (C=O) groups is 3. The molecule has 6 heteroatoms. The molecule has 1 heterocycles. The highest BCUT2D eigenvalue weighted by Gasteiger charge is 2.41. The van der Waals surface area contributed by atoms with E-state index in [1.807, 2.05) is 20.8 Å². The van der Waals surface area contributed by atoms with Gasteiger partial charge in [0.05, 0.1) is 0 Å². The number of carbonyl (C=O) groups excluding carboxylic acids is 3. The highest BCUT2D eigenvalue weighted by molar-refractivity contribution is 5.91. The molecule has 2 amide bonds. The summed E-state index contributed by atoms with van der Waals surface area (Å²) in [6, 6.07) is 0. The van der Waals surface area contributed by atoms with Gasteiger partial charge in [-0.2, -0.15) is 0 Å². The molecule has 0 bridgehead atoms. The molecule has 0 unspecified atom stereocenters. The molecular formula is C14H24N2O4. The lowest BCUT2D eigenvalue weighted by molar-refractivity contribution is -0.131. The summed E-state index contributed by atoms with van der Waals surface area (Å²) in [4.78, 5) is 36.6. The first-order valence-corrected chi connectivity index (χ1v) is 6.83. The number of ether oxygens (including phenoxy) is 1. The van der Waals surface area contributed by atoms with E-state index in [0.717, 1.165) is 0 Å². The van der Waals surface area contributed by atoms with Crippen LogP contribution in [0.1, 0.15) is 47.5 Å². The molecule has 20 heavy (non-hydrogen) atoms. The van der Waals surface area contributed by atoms with E-state index in [1.54, 1.807) is 4.90 Å². The van der Waals surface area contributed by atoms with Gasteiger partial charge >= 0.3 is 6.09 Å². The third kappa shape index (κ3) is 4.21. The number of Topliss-reactive ketones (excluding diaryl/α,β-unsaturated/α-hetero) is 1. The minimum absolute atomic E-state index is 0.0726. The number of nitrogens with zero attached hydrogens (tertiary/aromatic N) is 1. The predicted octanol–water partition coefficient (Wildman–Crippen LogP) is 1.48. The fraction of sp³-hybridized carbons (Fsp3) is 0.786. The molecule has 114 valence electrons. The van der Waals surface area contributed by atoms with Gasteiger partial charge in [0.15, 0.2) is 5.78 Å². The number of likely N-dealkylation sites (tertiary alicyclic amines) is 1. The lowest BCUT2D eigenvalue weighted by atomic mass is 9.84. The molecule has 6 nitrogen and oxygen atoms in total. The molecule has 1 fully saturated rings. The van der Waals surface area contributed by atoms with Crippen LogP contribution >= 0.6 is 0 Å². The van der Waals surface area contributed by atoms with Crippen molar-refractivity contribution < 1.29 is 19.1 Å². The maximum Gasteiger partial charge on any atom is 0.410 e. The lowest BCUT2D eigenvalue weighted by Gasteiger charge is -2.40. The second-order valence-electron chi connectivity index (χ2n) is 6.29. The van der Waals surface area contributed by atoms with Gasteiger partial charge in [0.1, 0.15) is 11.1 Å². The Kier molecular flexibility index (Phi) is 4.78. The van der Waals surface area contributed by atoms with Gasteiger partial charge in [-0.3, -0.25) is 9.59 Å².